The highest BCUT2D eigenvalue weighted by molar-refractivity contribution is 6.11. The molecule has 1 aromatic carbocycles. The second kappa shape index (κ2) is 8.83. The third-order valence-corrected chi connectivity index (χ3v) is 5.04. The summed E-state index contributed by atoms with van der Waals surface area (Å²) in [6, 6.07) is 5.91. The molecule has 2 N–H and O–H groups in total. The van der Waals surface area contributed by atoms with E-state index in [1.165, 1.54) is 16.7 Å². The molecule has 0 unspecified atom stereocenters. The van der Waals surface area contributed by atoms with Gasteiger partial charge in [-0.3, -0.25) is 19.1 Å². The summed E-state index contributed by atoms with van der Waals surface area (Å²) in [5.74, 6) is -0.773. The van der Waals surface area contributed by atoms with Gasteiger partial charge in [-0.2, -0.15) is 0 Å². The molecule has 0 atom stereocenters. The number of hydrogen-bond donors (Lipinski definition) is 2. The quantitative estimate of drug-likeness (QED) is 0.626. The Morgan fingerprint density at radius 1 is 1.19 bits per heavy atom. The summed E-state index contributed by atoms with van der Waals surface area (Å²) in [4.78, 5) is 45.2. The average Bonchev–Trinajstić information content (AvgIpc) is 2.71. The van der Waals surface area contributed by atoms with Gasteiger partial charge in [0.1, 0.15) is 5.82 Å². The summed E-state index contributed by atoms with van der Waals surface area (Å²) in [5.41, 5.74) is 0.573. The maximum Gasteiger partial charge on any atom is 0.330 e. The minimum Gasteiger partial charge on any atom is -0.322 e. The zero-order valence-electron chi connectivity index (χ0n) is 18.4. The molecule has 0 bridgehead atoms. The summed E-state index contributed by atoms with van der Waals surface area (Å²) >= 11 is 0. The number of nitrogens with zero attached hydrogens (tertiary/aromatic N) is 2. The van der Waals surface area contributed by atoms with Gasteiger partial charge < -0.3 is 5.32 Å². The summed E-state index contributed by atoms with van der Waals surface area (Å²) < 4.78 is 15.2. The van der Waals surface area contributed by atoms with Gasteiger partial charge in [-0.1, -0.05) is 34.6 Å². The first-order valence-corrected chi connectivity index (χ1v) is 10.4. The van der Waals surface area contributed by atoms with Crippen LogP contribution in [0.5, 0.6) is 0 Å². The van der Waals surface area contributed by atoms with Gasteiger partial charge in [-0.05, 0) is 48.1 Å². The Morgan fingerprint density at radius 2 is 1.90 bits per heavy atom. The molecule has 2 heterocycles. The number of nitrogens with one attached hydrogen (secondary N) is 2. The molecule has 3 aromatic rings. The first kappa shape index (κ1) is 22.4. The van der Waals surface area contributed by atoms with Gasteiger partial charge >= 0.3 is 5.69 Å². The van der Waals surface area contributed by atoms with E-state index in [1.807, 2.05) is 34.6 Å². The Hall–Kier alpha value is -3.29. The van der Waals surface area contributed by atoms with E-state index in [4.69, 9.17) is 0 Å². The van der Waals surface area contributed by atoms with Crippen molar-refractivity contribution in [2.24, 2.45) is 5.92 Å². The van der Waals surface area contributed by atoms with Crippen LogP contribution in [0.25, 0.3) is 11.0 Å². The topological polar surface area (TPSA) is 96.8 Å². The number of aromatic amines is 1. The van der Waals surface area contributed by atoms with Gasteiger partial charge in [0.05, 0.1) is 10.9 Å². The van der Waals surface area contributed by atoms with Crippen LogP contribution in [0.2, 0.25) is 0 Å². The summed E-state index contributed by atoms with van der Waals surface area (Å²) in [7, 11) is 0. The monoisotopic (exact) mass is 426 g/mol. The molecule has 0 aliphatic carbocycles. The molecule has 1 amide bonds. The van der Waals surface area contributed by atoms with Crippen LogP contribution < -0.4 is 16.6 Å². The van der Waals surface area contributed by atoms with E-state index < -0.39 is 17.2 Å². The number of benzene rings is 1. The van der Waals surface area contributed by atoms with E-state index in [0.29, 0.717) is 29.9 Å². The summed E-state index contributed by atoms with van der Waals surface area (Å²) in [6.07, 6.45) is 0.479. The van der Waals surface area contributed by atoms with Crippen LogP contribution >= 0.6 is 0 Å². The van der Waals surface area contributed by atoms with Crippen LogP contribution in [0.4, 0.5) is 10.1 Å². The fraction of sp³-hybridized carbons (Fsp3) is 0.391. The number of aryl methyl sites for hydroxylation is 1. The minimum atomic E-state index is -0.665. The highest BCUT2D eigenvalue weighted by Crippen LogP contribution is 2.22. The van der Waals surface area contributed by atoms with E-state index in [9.17, 15) is 18.8 Å². The standard InChI is InChI=1S/C23H27FN4O3/c1-6-14-9-15(7-8-17(14)24)25-21(29)16-10-18(13(4)5)26-20-19(16)22(30)27-23(31)28(20)11-12(2)3/h7-10,12-13H,6,11H2,1-5H3,(H,25,29)(H,27,30,31). The van der Waals surface area contributed by atoms with E-state index in [0.717, 1.165) is 0 Å². The van der Waals surface area contributed by atoms with Crippen molar-refractivity contribution in [2.45, 2.75) is 53.5 Å². The van der Waals surface area contributed by atoms with E-state index in [2.05, 4.69) is 15.3 Å². The summed E-state index contributed by atoms with van der Waals surface area (Å²) in [6.45, 7) is 9.90. The Balaban J connectivity index is 2.22. The van der Waals surface area contributed by atoms with Gasteiger partial charge in [0, 0.05) is 17.9 Å². The van der Waals surface area contributed by atoms with Crippen molar-refractivity contribution in [2.75, 3.05) is 5.32 Å². The number of rotatable bonds is 6. The lowest BCUT2D eigenvalue weighted by Gasteiger charge is -2.16. The second-order valence-corrected chi connectivity index (χ2v) is 8.33. The maximum atomic E-state index is 13.8. The maximum absolute atomic E-state index is 13.8. The number of anilines is 1. The molecule has 2 aromatic heterocycles. The molecule has 0 aliphatic heterocycles. The van der Waals surface area contributed by atoms with E-state index in [1.54, 1.807) is 12.1 Å². The molecular formula is C23H27FN4O3. The number of amides is 1. The summed E-state index contributed by atoms with van der Waals surface area (Å²) in [5, 5.41) is 2.80. The van der Waals surface area contributed by atoms with Crippen LogP contribution in [0.15, 0.2) is 33.9 Å². The first-order chi connectivity index (χ1) is 14.6. The van der Waals surface area contributed by atoms with Gasteiger partial charge in [-0.15, -0.1) is 0 Å². The normalized spacial score (nSPS) is 11.5. The average molecular weight is 426 g/mol. The zero-order chi connectivity index (χ0) is 22.9. The van der Waals surface area contributed by atoms with Crippen molar-refractivity contribution in [3.8, 4) is 0 Å². The van der Waals surface area contributed by atoms with Crippen LogP contribution in [-0.2, 0) is 13.0 Å². The lowest BCUT2D eigenvalue weighted by atomic mass is 10.0. The fourth-order valence-corrected chi connectivity index (χ4v) is 3.42. The smallest absolute Gasteiger partial charge is 0.322 e. The molecule has 3 rings (SSSR count). The van der Waals surface area contributed by atoms with E-state index >= 15 is 0 Å². The number of H-pyrrole nitrogens is 1. The molecule has 0 spiro atoms. The van der Waals surface area contributed by atoms with Crippen molar-refractivity contribution in [1.82, 2.24) is 14.5 Å². The third-order valence-electron chi connectivity index (χ3n) is 5.04. The number of fused-ring (bicyclic) bond motifs is 1. The number of hydrogen-bond acceptors (Lipinski definition) is 4. The molecule has 7 nitrogen and oxygen atoms in total. The van der Waals surface area contributed by atoms with Gasteiger partial charge in [-0.25, -0.2) is 14.2 Å². The lowest BCUT2D eigenvalue weighted by Crippen LogP contribution is -2.33. The highest BCUT2D eigenvalue weighted by Gasteiger charge is 2.21. The molecule has 8 heteroatoms. The van der Waals surface area contributed by atoms with E-state index in [-0.39, 0.29) is 34.2 Å². The van der Waals surface area contributed by atoms with Gasteiger partial charge in [0.25, 0.3) is 11.5 Å². The fourth-order valence-electron chi connectivity index (χ4n) is 3.42. The number of carbonyl (C=O) groups excluding carboxylic acids is 1. The number of halogens is 1. The Kier molecular flexibility index (Phi) is 6.38. The van der Waals surface area contributed by atoms with Crippen LogP contribution in [-0.4, -0.2) is 20.4 Å². The van der Waals surface area contributed by atoms with Gasteiger partial charge in [0.15, 0.2) is 5.65 Å². The Bertz CT molecular complexity index is 1260. The van der Waals surface area contributed by atoms with Gasteiger partial charge in [0.2, 0.25) is 0 Å². The van der Waals surface area contributed by atoms with Crippen LogP contribution in [0.3, 0.4) is 0 Å². The first-order valence-electron chi connectivity index (χ1n) is 10.4. The van der Waals surface area contributed by atoms with Crippen molar-refractivity contribution in [1.29, 1.82) is 0 Å². The highest BCUT2D eigenvalue weighted by atomic mass is 19.1. The van der Waals surface area contributed by atoms with Crippen molar-refractivity contribution >= 4 is 22.6 Å². The Labute approximate surface area is 179 Å². The predicted octanol–water partition coefficient (Wildman–Crippen LogP) is 3.82. The molecule has 0 saturated heterocycles. The van der Waals surface area contributed by atoms with Crippen molar-refractivity contribution in [3.05, 3.63) is 67.7 Å². The molecule has 164 valence electrons. The molecule has 0 saturated carbocycles. The molecule has 0 fully saturated rings. The molecule has 31 heavy (non-hydrogen) atoms. The zero-order valence-corrected chi connectivity index (χ0v) is 18.4. The SMILES string of the molecule is CCc1cc(NC(=O)c2cc(C(C)C)nc3c2c(=O)[nH]c(=O)n3CC(C)C)ccc1F. The third kappa shape index (κ3) is 4.57. The lowest BCUT2D eigenvalue weighted by molar-refractivity contribution is 0.102. The minimum absolute atomic E-state index is 0.0321. The van der Waals surface area contributed by atoms with Crippen molar-refractivity contribution < 1.29 is 9.18 Å². The second-order valence-electron chi connectivity index (χ2n) is 8.33. The number of pyridine rings is 1. The molecule has 0 aliphatic rings. The largest absolute Gasteiger partial charge is 0.330 e. The van der Waals surface area contributed by atoms with Crippen LogP contribution in [0.1, 0.15) is 62.2 Å². The predicted molar refractivity (Wildman–Crippen MR) is 119 cm³/mol. The van der Waals surface area contributed by atoms with Crippen LogP contribution in [0, 0.1) is 11.7 Å². The van der Waals surface area contributed by atoms with Crippen molar-refractivity contribution in [3.63, 3.8) is 0 Å². The number of carbonyl (C=O) groups is 1. The number of aromatic nitrogens is 3. The molecular weight excluding hydrogens is 399 g/mol. The molecule has 0 radical (unpaired) electrons. The Morgan fingerprint density at radius 3 is 2.52 bits per heavy atom.